The molecule has 6 nitrogen and oxygen atoms in total. The van der Waals surface area contributed by atoms with Gasteiger partial charge in [-0.3, -0.25) is 4.79 Å². The van der Waals surface area contributed by atoms with E-state index in [1.807, 2.05) is 36.4 Å². The van der Waals surface area contributed by atoms with Crippen molar-refractivity contribution >= 4 is 17.4 Å². The van der Waals surface area contributed by atoms with E-state index in [4.69, 9.17) is 9.47 Å². The molecule has 0 spiro atoms. The molecule has 3 heterocycles. The van der Waals surface area contributed by atoms with Gasteiger partial charge in [0, 0.05) is 37.6 Å². The number of hydrogen-bond acceptors (Lipinski definition) is 5. The largest absolute Gasteiger partial charge is 0.491 e. The lowest BCUT2D eigenvalue weighted by atomic mass is 10.1. The quantitative estimate of drug-likeness (QED) is 0.823. The average molecular weight is 381 g/mol. The van der Waals surface area contributed by atoms with Gasteiger partial charge in [0.15, 0.2) is 0 Å². The Hall–Kier alpha value is -2.60. The second-order valence-electron chi connectivity index (χ2n) is 7.35. The van der Waals surface area contributed by atoms with Gasteiger partial charge in [0.1, 0.15) is 18.2 Å². The summed E-state index contributed by atoms with van der Waals surface area (Å²) in [4.78, 5) is 19.6. The van der Waals surface area contributed by atoms with Crippen LogP contribution >= 0.6 is 0 Å². The van der Waals surface area contributed by atoms with Crippen molar-refractivity contribution in [3.05, 3.63) is 48.2 Å². The predicted octanol–water partition coefficient (Wildman–Crippen LogP) is 3.88. The molecule has 2 aliphatic heterocycles. The first-order valence-corrected chi connectivity index (χ1v) is 10.2. The minimum Gasteiger partial charge on any atom is -0.491 e. The highest BCUT2D eigenvalue weighted by atomic mass is 16.5. The molecule has 2 aromatic rings. The Morgan fingerprint density at radius 3 is 2.89 bits per heavy atom. The third-order valence-corrected chi connectivity index (χ3v) is 5.24. The summed E-state index contributed by atoms with van der Waals surface area (Å²) in [6.45, 7) is 3.25. The molecular formula is C22H27N3O3. The lowest BCUT2D eigenvalue weighted by Crippen LogP contribution is -2.32. The molecular weight excluding hydrogens is 354 g/mol. The number of piperidine rings is 1. The van der Waals surface area contributed by atoms with Gasteiger partial charge in [-0.05, 0) is 56.4 Å². The summed E-state index contributed by atoms with van der Waals surface area (Å²) in [6, 6.07) is 11.1. The molecule has 2 aliphatic rings. The molecule has 28 heavy (non-hydrogen) atoms. The summed E-state index contributed by atoms with van der Waals surface area (Å²) in [5.74, 6) is 1.35. The van der Waals surface area contributed by atoms with E-state index in [0.717, 1.165) is 56.9 Å². The van der Waals surface area contributed by atoms with E-state index in [1.54, 1.807) is 6.20 Å². The van der Waals surface area contributed by atoms with Crippen LogP contribution in [0.5, 0.6) is 5.75 Å². The zero-order valence-corrected chi connectivity index (χ0v) is 16.1. The van der Waals surface area contributed by atoms with Crippen LogP contribution < -0.4 is 15.0 Å². The summed E-state index contributed by atoms with van der Waals surface area (Å²) in [5.41, 5.74) is 1.32. The van der Waals surface area contributed by atoms with E-state index in [1.165, 1.54) is 6.42 Å². The van der Waals surface area contributed by atoms with Gasteiger partial charge in [-0.2, -0.15) is 0 Å². The molecule has 2 saturated heterocycles. The van der Waals surface area contributed by atoms with Gasteiger partial charge in [0.2, 0.25) is 0 Å². The smallest absolute Gasteiger partial charge is 0.259 e. The highest BCUT2D eigenvalue weighted by Gasteiger charge is 2.20. The minimum absolute atomic E-state index is 0.148. The van der Waals surface area contributed by atoms with Gasteiger partial charge in [-0.15, -0.1) is 0 Å². The summed E-state index contributed by atoms with van der Waals surface area (Å²) in [5, 5.41) is 2.99. The number of ether oxygens (including phenoxy) is 2. The van der Waals surface area contributed by atoms with Gasteiger partial charge < -0.3 is 19.7 Å². The second-order valence-corrected chi connectivity index (χ2v) is 7.35. The van der Waals surface area contributed by atoms with Crippen LogP contribution in [0.2, 0.25) is 0 Å². The summed E-state index contributed by atoms with van der Waals surface area (Å²) >= 11 is 0. The standard InChI is InChI=1S/C22H27N3O3/c26-22(20-10-5-11-23-21(20)25-12-2-1-3-13-25)24-17-7-4-8-18(15-17)28-16-19-9-6-14-27-19/h4-5,7-8,10-11,15,19H,1-3,6,9,12-14,16H2,(H,24,26)/t19-/m1/s1. The van der Waals surface area contributed by atoms with Crippen LogP contribution in [-0.4, -0.2) is 43.3 Å². The topological polar surface area (TPSA) is 63.7 Å². The number of carbonyl (C=O) groups is 1. The molecule has 1 aromatic carbocycles. The zero-order valence-electron chi connectivity index (χ0n) is 16.1. The second kappa shape index (κ2) is 9.06. The molecule has 0 saturated carbocycles. The number of hydrogen-bond donors (Lipinski definition) is 1. The van der Waals surface area contributed by atoms with Crippen molar-refractivity contribution in [2.45, 2.75) is 38.2 Å². The molecule has 1 atom stereocenters. The number of nitrogens with zero attached hydrogens (tertiary/aromatic N) is 2. The zero-order chi connectivity index (χ0) is 19.2. The normalized spacial score (nSPS) is 19.4. The third-order valence-electron chi connectivity index (χ3n) is 5.24. The predicted molar refractivity (Wildman–Crippen MR) is 109 cm³/mol. The fourth-order valence-electron chi connectivity index (χ4n) is 3.76. The molecule has 2 fully saturated rings. The highest BCUT2D eigenvalue weighted by molar-refractivity contribution is 6.07. The van der Waals surface area contributed by atoms with E-state index in [-0.39, 0.29) is 12.0 Å². The number of carbonyl (C=O) groups excluding carboxylic acids is 1. The molecule has 4 rings (SSSR count). The average Bonchev–Trinajstić information content (AvgIpc) is 3.27. The monoisotopic (exact) mass is 381 g/mol. The molecule has 1 aromatic heterocycles. The van der Waals surface area contributed by atoms with E-state index < -0.39 is 0 Å². The molecule has 6 heteroatoms. The van der Waals surface area contributed by atoms with Crippen LogP contribution in [0.4, 0.5) is 11.5 Å². The number of rotatable bonds is 6. The van der Waals surface area contributed by atoms with E-state index in [0.29, 0.717) is 17.9 Å². The van der Waals surface area contributed by atoms with Gasteiger partial charge in [-0.1, -0.05) is 6.07 Å². The van der Waals surface area contributed by atoms with Crippen molar-refractivity contribution in [1.82, 2.24) is 4.98 Å². The van der Waals surface area contributed by atoms with Gasteiger partial charge in [-0.25, -0.2) is 4.98 Å². The first kappa shape index (κ1) is 18.7. The number of nitrogens with one attached hydrogen (secondary N) is 1. The Labute approximate surface area is 165 Å². The van der Waals surface area contributed by atoms with Crippen LogP contribution in [0.1, 0.15) is 42.5 Å². The Bertz CT molecular complexity index is 799. The van der Waals surface area contributed by atoms with Gasteiger partial charge >= 0.3 is 0 Å². The van der Waals surface area contributed by atoms with Crippen molar-refractivity contribution in [2.24, 2.45) is 0 Å². The summed E-state index contributed by atoms with van der Waals surface area (Å²) < 4.78 is 11.4. The van der Waals surface area contributed by atoms with Crippen molar-refractivity contribution in [3.63, 3.8) is 0 Å². The highest BCUT2D eigenvalue weighted by Crippen LogP contribution is 2.24. The van der Waals surface area contributed by atoms with Crippen LogP contribution in [0.15, 0.2) is 42.6 Å². The maximum absolute atomic E-state index is 12.9. The maximum Gasteiger partial charge on any atom is 0.259 e. The molecule has 1 amide bonds. The summed E-state index contributed by atoms with van der Waals surface area (Å²) in [6.07, 6.45) is 7.57. The molecule has 0 radical (unpaired) electrons. The third kappa shape index (κ3) is 4.62. The fraction of sp³-hybridized carbons (Fsp3) is 0.455. The SMILES string of the molecule is O=C(Nc1cccc(OC[C@H]2CCCO2)c1)c1cccnc1N1CCCCC1. The molecule has 0 bridgehead atoms. The molecule has 0 aliphatic carbocycles. The first-order valence-electron chi connectivity index (χ1n) is 10.2. The number of pyridine rings is 1. The van der Waals surface area contributed by atoms with E-state index >= 15 is 0 Å². The van der Waals surface area contributed by atoms with Crippen molar-refractivity contribution in [3.8, 4) is 5.75 Å². The van der Waals surface area contributed by atoms with Gasteiger partial charge in [0.25, 0.3) is 5.91 Å². The first-order chi connectivity index (χ1) is 13.8. The maximum atomic E-state index is 12.9. The van der Waals surface area contributed by atoms with Crippen molar-refractivity contribution in [2.75, 3.05) is 36.5 Å². The Balaban J connectivity index is 1.43. The van der Waals surface area contributed by atoms with Crippen LogP contribution in [-0.2, 0) is 4.74 Å². The fourth-order valence-corrected chi connectivity index (χ4v) is 3.76. The lowest BCUT2D eigenvalue weighted by Gasteiger charge is -2.29. The minimum atomic E-state index is -0.148. The van der Waals surface area contributed by atoms with Crippen molar-refractivity contribution < 1.29 is 14.3 Å². The number of benzene rings is 1. The van der Waals surface area contributed by atoms with E-state index in [9.17, 15) is 4.79 Å². The number of amides is 1. The number of anilines is 2. The Morgan fingerprint density at radius 2 is 2.07 bits per heavy atom. The Kier molecular flexibility index (Phi) is 6.07. The van der Waals surface area contributed by atoms with Crippen LogP contribution in [0, 0.1) is 0 Å². The molecule has 1 N–H and O–H groups in total. The molecule has 148 valence electrons. The van der Waals surface area contributed by atoms with Gasteiger partial charge in [0.05, 0.1) is 11.7 Å². The lowest BCUT2D eigenvalue weighted by molar-refractivity contribution is 0.0680. The summed E-state index contributed by atoms with van der Waals surface area (Å²) in [7, 11) is 0. The molecule has 0 unspecified atom stereocenters. The van der Waals surface area contributed by atoms with Crippen molar-refractivity contribution in [1.29, 1.82) is 0 Å². The van der Waals surface area contributed by atoms with Crippen LogP contribution in [0.25, 0.3) is 0 Å². The number of aromatic nitrogens is 1. The Morgan fingerprint density at radius 1 is 1.18 bits per heavy atom. The van der Waals surface area contributed by atoms with E-state index in [2.05, 4.69) is 15.2 Å². The van der Waals surface area contributed by atoms with Crippen LogP contribution in [0.3, 0.4) is 0 Å².